The van der Waals surface area contributed by atoms with Crippen molar-refractivity contribution in [3.8, 4) is 0 Å². The minimum absolute atomic E-state index is 0.0267. The minimum atomic E-state index is -0.0267. The van der Waals surface area contributed by atoms with Crippen LogP contribution >= 0.6 is 11.3 Å². The largest absolute Gasteiger partial charge is 0.336 e. The maximum Gasteiger partial charge on any atom is 0.253 e. The van der Waals surface area contributed by atoms with Crippen molar-refractivity contribution in [2.75, 3.05) is 58.7 Å². The summed E-state index contributed by atoms with van der Waals surface area (Å²) in [7, 11) is 4.11. The molecule has 2 aromatic rings. The van der Waals surface area contributed by atoms with Gasteiger partial charge in [-0.15, -0.1) is 0 Å². The molecule has 1 N–H and O–H groups in total. The Kier molecular flexibility index (Phi) is 7.57. The number of piperazine rings is 1. The summed E-state index contributed by atoms with van der Waals surface area (Å²) in [5, 5.41) is 3.49. The lowest BCUT2D eigenvalue weighted by atomic mass is 10.1. The molecule has 2 amide bonds. The molecule has 0 aliphatic carbocycles. The number of benzene rings is 1. The maximum atomic E-state index is 12.8. The van der Waals surface area contributed by atoms with Gasteiger partial charge in [0.2, 0.25) is 5.91 Å². The van der Waals surface area contributed by atoms with Crippen LogP contribution in [-0.2, 0) is 4.79 Å². The summed E-state index contributed by atoms with van der Waals surface area (Å²) in [6, 6.07) is 5.59. The number of hydrogen-bond acceptors (Lipinski definition) is 6. The van der Waals surface area contributed by atoms with E-state index in [9.17, 15) is 9.59 Å². The van der Waals surface area contributed by atoms with Crippen LogP contribution in [0.4, 0.5) is 5.13 Å². The molecule has 7 nitrogen and oxygen atoms in total. The molecule has 1 aromatic carbocycles. The average molecular weight is 418 g/mol. The van der Waals surface area contributed by atoms with E-state index >= 15 is 0 Å². The number of nitrogens with zero attached hydrogens (tertiary/aromatic N) is 4. The quantitative estimate of drug-likeness (QED) is 0.715. The van der Waals surface area contributed by atoms with Gasteiger partial charge in [-0.3, -0.25) is 9.59 Å². The van der Waals surface area contributed by atoms with Gasteiger partial charge in [0.25, 0.3) is 5.91 Å². The Balaban J connectivity index is 1.59. The third-order valence-corrected chi connectivity index (χ3v) is 6.22. The molecule has 1 fully saturated rings. The Morgan fingerprint density at radius 3 is 2.69 bits per heavy atom. The van der Waals surface area contributed by atoms with E-state index in [0.29, 0.717) is 17.1 Å². The fourth-order valence-electron chi connectivity index (χ4n) is 3.32. The van der Waals surface area contributed by atoms with Crippen LogP contribution in [-0.4, -0.2) is 84.9 Å². The normalized spacial score (nSPS) is 15.2. The van der Waals surface area contributed by atoms with E-state index in [0.717, 1.165) is 62.3 Å². The van der Waals surface area contributed by atoms with Crippen molar-refractivity contribution in [2.24, 2.45) is 0 Å². The monoisotopic (exact) mass is 417 g/mol. The standard InChI is InChI=1S/C21H31N5O2S/c1-4-5-9-24(2)10-8-19(27)23-21-22-17-7-6-16(15-18(17)29-21)20(28)26-13-11-25(3)12-14-26/h6-7,15H,4-5,8-14H2,1-3H3,(H,22,23,27). The number of unbranched alkanes of at least 4 members (excludes halogenated alkanes) is 1. The van der Waals surface area contributed by atoms with Crippen LogP contribution in [0.5, 0.6) is 0 Å². The number of hydrogen-bond donors (Lipinski definition) is 1. The van der Waals surface area contributed by atoms with Crippen LogP contribution < -0.4 is 5.32 Å². The van der Waals surface area contributed by atoms with E-state index < -0.39 is 0 Å². The number of likely N-dealkylation sites (N-methyl/N-ethyl adjacent to an activating group) is 1. The number of rotatable bonds is 8. The molecule has 0 bridgehead atoms. The third kappa shape index (κ3) is 5.98. The highest BCUT2D eigenvalue weighted by atomic mass is 32.1. The molecule has 1 aliphatic heterocycles. The molecular formula is C21H31N5O2S. The lowest BCUT2D eigenvalue weighted by Gasteiger charge is -2.32. The van der Waals surface area contributed by atoms with Crippen molar-refractivity contribution >= 4 is 38.5 Å². The number of nitrogens with one attached hydrogen (secondary N) is 1. The van der Waals surface area contributed by atoms with Crippen molar-refractivity contribution in [3.63, 3.8) is 0 Å². The summed E-state index contributed by atoms with van der Waals surface area (Å²) >= 11 is 1.42. The van der Waals surface area contributed by atoms with Crippen LogP contribution in [0, 0.1) is 0 Å². The van der Waals surface area contributed by atoms with Gasteiger partial charge in [-0.1, -0.05) is 24.7 Å². The van der Waals surface area contributed by atoms with E-state index in [-0.39, 0.29) is 11.8 Å². The van der Waals surface area contributed by atoms with Crippen molar-refractivity contribution in [1.82, 2.24) is 19.7 Å². The molecule has 1 aromatic heterocycles. The zero-order chi connectivity index (χ0) is 20.8. The van der Waals surface area contributed by atoms with Gasteiger partial charge in [0, 0.05) is 44.7 Å². The zero-order valence-electron chi connectivity index (χ0n) is 17.6. The molecular weight excluding hydrogens is 386 g/mol. The molecule has 1 aliphatic rings. The smallest absolute Gasteiger partial charge is 0.253 e. The first-order valence-electron chi connectivity index (χ1n) is 10.3. The summed E-state index contributed by atoms with van der Waals surface area (Å²) in [5.74, 6) is 0.0373. The fraction of sp³-hybridized carbons (Fsp3) is 0.571. The summed E-state index contributed by atoms with van der Waals surface area (Å²) in [6.45, 7) is 7.22. The molecule has 29 heavy (non-hydrogen) atoms. The Morgan fingerprint density at radius 2 is 1.97 bits per heavy atom. The van der Waals surface area contributed by atoms with Crippen molar-refractivity contribution in [2.45, 2.75) is 26.2 Å². The number of amides is 2. The van der Waals surface area contributed by atoms with Gasteiger partial charge in [0.05, 0.1) is 10.2 Å². The topological polar surface area (TPSA) is 68.8 Å². The molecule has 0 radical (unpaired) electrons. The SMILES string of the molecule is CCCCN(C)CCC(=O)Nc1nc2ccc(C(=O)N3CCN(C)CC3)cc2s1. The molecule has 8 heteroatoms. The number of fused-ring (bicyclic) bond motifs is 1. The van der Waals surface area contributed by atoms with Crippen molar-refractivity contribution < 1.29 is 9.59 Å². The zero-order valence-corrected chi connectivity index (χ0v) is 18.4. The predicted octanol–water partition coefficient (Wildman–Crippen LogP) is 2.74. The first-order chi connectivity index (χ1) is 14.0. The average Bonchev–Trinajstić information content (AvgIpc) is 3.12. The van der Waals surface area contributed by atoms with Gasteiger partial charge in [0.15, 0.2) is 5.13 Å². The van der Waals surface area contributed by atoms with E-state index in [2.05, 4.69) is 34.1 Å². The molecule has 2 heterocycles. The second-order valence-corrected chi connectivity index (χ2v) is 8.78. The minimum Gasteiger partial charge on any atom is -0.336 e. The number of anilines is 1. The highest BCUT2D eigenvalue weighted by Gasteiger charge is 2.21. The van der Waals surface area contributed by atoms with E-state index in [4.69, 9.17) is 0 Å². The molecule has 0 atom stereocenters. The Labute approximate surface area is 176 Å². The van der Waals surface area contributed by atoms with Gasteiger partial charge in [-0.05, 0) is 45.3 Å². The van der Waals surface area contributed by atoms with Gasteiger partial charge < -0.3 is 20.0 Å². The predicted molar refractivity (Wildman–Crippen MR) is 119 cm³/mol. The summed E-state index contributed by atoms with van der Waals surface area (Å²) in [6.07, 6.45) is 2.75. The van der Waals surface area contributed by atoms with Crippen LogP contribution in [0.15, 0.2) is 18.2 Å². The molecule has 0 unspecified atom stereocenters. The highest BCUT2D eigenvalue weighted by molar-refractivity contribution is 7.22. The van der Waals surface area contributed by atoms with E-state index in [1.807, 2.05) is 30.1 Å². The molecule has 3 rings (SSSR count). The van der Waals surface area contributed by atoms with Crippen LogP contribution in [0.25, 0.3) is 10.2 Å². The van der Waals surface area contributed by atoms with Crippen LogP contribution in [0.3, 0.4) is 0 Å². The van der Waals surface area contributed by atoms with Gasteiger partial charge >= 0.3 is 0 Å². The fourth-order valence-corrected chi connectivity index (χ4v) is 4.24. The number of carbonyl (C=O) groups is 2. The maximum absolute atomic E-state index is 12.8. The molecule has 0 spiro atoms. The number of aromatic nitrogens is 1. The first-order valence-corrected chi connectivity index (χ1v) is 11.1. The second kappa shape index (κ2) is 10.1. The Morgan fingerprint density at radius 1 is 1.21 bits per heavy atom. The van der Waals surface area contributed by atoms with E-state index in [1.165, 1.54) is 11.3 Å². The number of carbonyl (C=O) groups excluding carboxylic acids is 2. The van der Waals surface area contributed by atoms with Gasteiger partial charge in [0.1, 0.15) is 0 Å². The number of thiazole rings is 1. The molecule has 0 saturated carbocycles. The molecule has 158 valence electrons. The van der Waals surface area contributed by atoms with Gasteiger partial charge in [-0.25, -0.2) is 4.98 Å². The first kappa shape index (κ1) is 21.7. The summed E-state index contributed by atoms with van der Waals surface area (Å²) in [5.41, 5.74) is 1.49. The van der Waals surface area contributed by atoms with Crippen LogP contribution in [0.2, 0.25) is 0 Å². The van der Waals surface area contributed by atoms with Crippen molar-refractivity contribution in [3.05, 3.63) is 23.8 Å². The van der Waals surface area contributed by atoms with Crippen molar-refractivity contribution in [1.29, 1.82) is 0 Å². The lowest BCUT2D eigenvalue weighted by molar-refractivity contribution is -0.116. The lowest BCUT2D eigenvalue weighted by Crippen LogP contribution is -2.47. The van der Waals surface area contributed by atoms with E-state index in [1.54, 1.807) is 0 Å². The van der Waals surface area contributed by atoms with Gasteiger partial charge in [-0.2, -0.15) is 0 Å². The second-order valence-electron chi connectivity index (χ2n) is 7.75. The van der Waals surface area contributed by atoms with Crippen LogP contribution in [0.1, 0.15) is 36.5 Å². The summed E-state index contributed by atoms with van der Waals surface area (Å²) < 4.78 is 0.917. The summed E-state index contributed by atoms with van der Waals surface area (Å²) in [4.78, 5) is 35.8. The Bertz CT molecular complexity index is 845. The Hall–Kier alpha value is -2.03. The highest BCUT2D eigenvalue weighted by Crippen LogP contribution is 2.27. The molecule has 1 saturated heterocycles. The third-order valence-electron chi connectivity index (χ3n) is 5.29.